The van der Waals surface area contributed by atoms with E-state index in [4.69, 9.17) is 5.11 Å². The third-order valence-corrected chi connectivity index (χ3v) is 2.99. The van der Waals surface area contributed by atoms with E-state index in [2.05, 4.69) is 10.3 Å². The Balaban J connectivity index is 2.12. The van der Waals surface area contributed by atoms with Gasteiger partial charge in [0, 0.05) is 11.1 Å². The fraction of sp³-hybridized carbons (Fsp3) is 0.167. The average molecular weight is 248 g/mol. The maximum absolute atomic E-state index is 11.8. The van der Waals surface area contributed by atoms with Crippen LogP contribution in [0, 0.1) is 6.92 Å². The fourth-order valence-electron chi connectivity index (χ4n) is 1.41. The van der Waals surface area contributed by atoms with Crippen LogP contribution < -0.4 is 5.32 Å². The second kappa shape index (κ2) is 5.07. The number of hydrogen-bond donors (Lipinski definition) is 2. The number of rotatable bonds is 3. The van der Waals surface area contributed by atoms with Crippen LogP contribution in [0.4, 0.5) is 5.69 Å². The molecule has 0 fully saturated rings. The van der Waals surface area contributed by atoms with E-state index in [9.17, 15) is 4.79 Å². The van der Waals surface area contributed by atoms with Gasteiger partial charge in [-0.15, -0.1) is 11.3 Å². The van der Waals surface area contributed by atoms with Gasteiger partial charge < -0.3 is 10.4 Å². The van der Waals surface area contributed by atoms with Crippen molar-refractivity contribution in [2.24, 2.45) is 0 Å². The third kappa shape index (κ3) is 2.89. The van der Waals surface area contributed by atoms with Gasteiger partial charge in [-0.3, -0.25) is 4.79 Å². The molecule has 0 aliphatic carbocycles. The van der Waals surface area contributed by atoms with Crippen LogP contribution in [0.25, 0.3) is 0 Å². The van der Waals surface area contributed by atoms with E-state index < -0.39 is 0 Å². The summed E-state index contributed by atoms with van der Waals surface area (Å²) in [4.78, 5) is 15.9. The molecule has 0 aliphatic heterocycles. The molecule has 17 heavy (non-hydrogen) atoms. The van der Waals surface area contributed by atoms with Gasteiger partial charge in [0.2, 0.25) is 0 Å². The van der Waals surface area contributed by atoms with E-state index in [-0.39, 0.29) is 12.5 Å². The number of aromatic nitrogens is 1. The highest BCUT2D eigenvalue weighted by Crippen LogP contribution is 2.13. The Morgan fingerprint density at radius 3 is 3.00 bits per heavy atom. The first kappa shape index (κ1) is 11.8. The molecule has 2 N–H and O–H groups in total. The molecule has 0 saturated carbocycles. The standard InChI is InChI=1S/C12H12N2O2S/c1-8-13-11(7-17-8)12(16)14-10-4-2-3-9(5-10)6-15/h2-5,7,15H,6H2,1H3,(H,14,16). The predicted molar refractivity (Wildman–Crippen MR) is 67.2 cm³/mol. The minimum absolute atomic E-state index is 0.0421. The number of amides is 1. The number of aliphatic hydroxyl groups excluding tert-OH is 1. The Morgan fingerprint density at radius 1 is 1.53 bits per heavy atom. The molecule has 2 aromatic rings. The van der Waals surface area contributed by atoms with Gasteiger partial charge in [0.15, 0.2) is 0 Å². The van der Waals surface area contributed by atoms with Gasteiger partial charge in [-0.05, 0) is 24.6 Å². The summed E-state index contributed by atoms with van der Waals surface area (Å²) >= 11 is 1.44. The van der Waals surface area contributed by atoms with E-state index in [0.29, 0.717) is 11.4 Å². The van der Waals surface area contributed by atoms with Crippen LogP contribution in [-0.4, -0.2) is 16.0 Å². The van der Waals surface area contributed by atoms with E-state index in [1.54, 1.807) is 29.6 Å². The van der Waals surface area contributed by atoms with E-state index >= 15 is 0 Å². The largest absolute Gasteiger partial charge is 0.392 e. The summed E-state index contributed by atoms with van der Waals surface area (Å²) in [5.74, 6) is -0.232. The van der Waals surface area contributed by atoms with Crippen molar-refractivity contribution in [2.75, 3.05) is 5.32 Å². The maximum Gasteiger partial charge on any atom is 0.275 e. The first-order chi connectivity index (χ1) is 8.19. The Morgan fingerprint density at radius 2 is 2.35 bits per heavy atom. The minimum atomic E-state index is -0.232. The van der Waals surface area contributed by atoms with Crippen molar-refractivity contribution in [3.8, 4) is 0 Å². The van der Waals surface area contributed by atoms with Crippen LogP contribution in [0.5, 0.6) is 0 Å². The molecule has 0 bridgehead atoms. The van der Waals surface area contributed by atoms with Gasteiger partial charge in [0.25, 0.3) is 5.91 Å². The van der Waals surface area contributed by atoms with Crippen LogP contribution >= 0.6 is 11.3 Å². The number of benzene rings is 1. The van der Waals surface area contributed by atoms with Crippen molar-refractivity contribution >= 4 is 22.9 Å². The van der Waals surface area contributed by atoms with Gasteiger partial charge in [0.05, 0.1) is 11.6 Å². The summed E-state index contributed by atoms with van der Waals surface area (Å²) in [5, 5.41) is 14.3. The van der Waals surface area contributed by atoms with Crippen molar-refractivity contribution in [2.45, 2.75) is 13.5 Å². The molecule has 0 saturated heterocycles. The lowest BCUT2D eigenvalue weighted by molar-refractivity contribution is 0.102. The Bertz CT molecular complexity index is 537. The summed E-state index contributed by atoms with van der Waals surface area (Å²) in [7, 11) is 0. The molecule has 0 unspecified atom stereocenters. The average Bonchev–Trinajstić information content (AvgIpc) is 2.76. The van der Waals surface area contributed by atoms with Crippen LogP contribution in [-0.2, 0) is 6.61 Å². The van der Waals surface area contributed by atoms with Crippen LogP contribution in [0.3, 0.4) is 0 Å². The molecule has 0 atom stereocenters. The van der Waals surface area contributed by atoms with Gasteiger partial charge in [-0.1, -0.05) is 12.1 Å². The number of thiazole rings is 1. The summed E-state index contributed by atoms with van der Waals surface area (Å²) in [5.41, 5.74) is 1.84. The fourth-order valence-corrected chi connectivity index (χ4v) is 2.00. The quantitative estimate of drug-likeness (QED) is 0.875. The van der Waals surface area contributed by atoms with E-state index in [0.717, 1.165) is 10.6 Å². The predicted octanol–water partition coefficient (Wildman–Crippen LogP) is 2.20. The zero-order valence-electron chi connectivity index (χ0n) is 9.30. The highest BCUT2D eigenvalue weighted by atomic mass is 32.1. The van der Waals surface area contributed by atoms with Crippen molar-refractivity contribution in [1.29, 1.82) is 0 Å². The highest BCUT2D eigenvalue weighted by molar-refractivity contribution is 7.09. The third-order valence-electron chi connectivity index (χ3n) is 2.22. The summed E-state index contributed by atoms with van der Waals surface area (Å²) in [6.45, 7) is 1.81. The molecule has 0 spiro atoms. The van der Waals surface area contributed by atoms with Crippen molar-refractivity contribution in [3.05, 3.63) is 45.9 Å². The normalized spacial score (nSPS) is 10.2. The molecule has 1 aromatic carbocycles. The van der Waals surface area contributed by atoms with Gasteiger partial charge in [0.1, 0.15) is 5.69 Å². The number of nitrogens with one attached hydrogen (secondary N) is 1. The summed E-state index contributed by atoms with van der Waals surface area (Å²) < 4.78 is 0. The SMILES string of the molecule is Cc1nc(C(=O)Nc2cccc(CO)c2)cs1. The molecule has 0 aliphatic rings. The van der Waals surface area contributed by atoms with Crippen molar-refractivity contribution in [1.82, 2.24) is 4.98 Å². The van der Waals surface area contributed by atoms with E-state index in [1.807, 2.05) is 6.92 Å². The minimum Gasteiger partial charge on any atom is -0.392 e. The zero-order chi connectivity index (χ0) is 12.3. The maximum atomic E-state index is 11.8. The summed E-state index contributed by atoms with van der Waals surface area (Å²) in [6.07, 6.45) is 0. The molecule has 1 heterocycles. The first-order valence-electron chi connectivity index (χ1n) is 5.12. The number of carbonyl (C=O) groups is 1. The van der Waals surface area contributed by atoms with Crippen LogP contribution in [0.1, 0.15) is 21.1 Å². The highest BCUT2D eigenvalue weighted by Gasteiger charge is 2.09. The van der Waals surface area contributed by atoms with Crippen molar-refractivity contribution in [3.63, 3.8) is 0 Å². The Hall–Kier alpha value is -1.72. The molecule has 0 radical (unpaired) electrons. The number of aryl methyl sites for hydroxylation is 1. The smallest absolute Gasteiger partial charge is 0.275 e. The zero-order valence-corrected chi connectivity index (χ0v) is 10.1. The van der Waals surface area contributed by atoms with Crippen LogP contribution in [0.2, 0.25) is 0 Å². The molecule has 1 aromatic heterocycles. The van der Waals surface area contributed by atoms with Crippen molar-refractivity contribution < 1.29 is 9.90 Å². The monoisotopic (exact) mass is 248 g/mol. The molecular weight excluding hydrogens is 236 g/mol. The topological polar surface area (TPSA) is 62.2 Å². The van der Waals surface area contributed by atoms with Gasteiger partial charge in [-0.25, -0.2) is 4.98 Å². The number of anilines is 1. The van der Waals surface area contributed by atoms with Gasteiger partial charge in [-0.2, -0.15) is 0 Å². The van der Waals surface area contributed by atoms with E-state index in [1.165, 1.54) is 11.3 Å². The number of carbonyl (C=O) groups excluding carboxylic acids is 1. The Labute approximate surface area is 103 Å². The molecule has 2 rings (SSSR count). The lowest BCUT2D eigenvalue weighted by Crippen LogP contribution is -2.12. The number of nitrogens with zero attached hydrogens (tertiary/aromatic N) is 1. The summed E-state index contributed by atoms with van der Waals surface area (Å²) in [6, 6.07) is 7.09. The second-order valence-corrected chi connectivity index (χ2v) is 4.63. The number of hydrogen-bond acceptors (Lipinski definition) is 4. The molecule has 88 valence electrons. The first-order valence-corrected chi connectivity index (χ1v) is 6.00. The Kier molecular flexibility index (Phi) is 3.51. The second-order valence-electron chi connectivity index (χ2n) is 3.56. The van der Waals surface area contributed by atoms with Gasteiger partial charge >= 0.3 is 0 Å². The lowest BCUT2D eigenvalue weighted by atomic mass is 10.2. The molecule has 4 nitrogen and oxygen atoms in total. The molecule has 1 amide bonds. The van der Waals surface area contributed by atoms with Crippen LogP contribution in [0.15, 0.2) is 29.6 Å². The number of aliphatic hydroxyl groups is 1. The molecule has 5 heteroatoms. The molecular formula is C12H12N2O2S. The lowest BCUT2D eigenvalue weighted by Gasteiger charge is -2.04.